The number of Topliss-reactive ketones (excluding diaryl/α,β-unsaturated/α-hetero) is 2. The van der Waals surface area contributed by atoms with Crippen molar-refractivity contribution < 1.29 is 27.6 Å². The van der Waals surface area contributed by atoms with Gasteiger partial charge in [0.2, 0.25) is 5.78 Å². The largest absolute Gasteiger partial charge is 0.461 e. The van der Waals surface area contributed by atoms with E-state index in [1.54, 1.807) is 0 Å². The maximum Gasteiger partial charge on any atom is 0.300 e. The number of carbonyl (C=O) groups is 3. The molecule has 106 valence electrons. The van der Waals surface area contributed by atoms with Gasteiger partial charge in [-0.3, -0.25) is 19.3 Å². The summed E-state index contributed by atoms with van der Waals surface area (Å²) in [5, 5.41) is 0. The van der Waals surface area contributed by atoms with Crippen LogP contribution in [0.15, 0.2) is 34.9 Å². The molecule has 21 heavy (non-hydrogen) atoms. The summed E-state index contributed by atoms with van der Waals surface area (Å²) in [6.45, 7) is -0.534. The van der Waals surface area contributed by atoms with Crippen molar-refractivity contribution in [2.24, 2.45) is 0 Å². The van der Waals surface area contributed by atoms with Gasteiger partial charge in [-0.1, -0.05) is 0 Å². The van der Waals surface area contributed by atoms with Crippen molar-refractivity contribution in [1.29, 1.82) is 0 Å². The van der Waals surface area contributed by atoms with Crippen LogP contribution in [0.25, 0.3) is 0 Å². The second-order valence-corrected chi connectivity index (χ2v) is 4.40. The Kier molecular flexibility index (Phi) is 2.90. The van der Waals surface area contributed by atoms with Crippen molar-refractivity contribution in [3.63, 3.8) is 0 Å². The van der Waals surface area contributed by atoms with Gasteiger partial charge in [0.05, 0.1) is 24.1 Å². The van der Waals surface area contributed by atoms with Gasteiger partial charge < -0.3 is 4.42 Å². The van der Waals surface area contributed by atoms with Crippen LogP contribution in [-0.4, -0.2) is 24.0 Å². The number of ketones is 2. The van der Waals surface area contributed by atoms with Gasteiger partial charge in [-0.15, -0.1) is 0 Å². The molecule has 1 aromatic carbocycles. The van der Waals surface area contributed by atoms with Crippen LogP contribution in [0.3, 0.4) is 0 Å². The molecule has 5 nitrogen and oxygen atoms in total. The molecule has 1 aliphatic heterocycles. The number of anilines is 1. The van der Waals surface area contributed by atoms with Crippen LogP contribution < -0.4 is 4.90 Å². The van der Waals surface area contributed by atoms with E-state index in [-0.39, 0.29) is 11.4 Å². The van der Waals surface area contributed by atoms with Crippen molar-refractivity contribution in [3.05, 3.63) is 53.5 Å². The van der Waals surface area contributed by atoms with Gasteiger partial charge in [0.1, 0.15) is 11.6 Å². The fourth-order valence-corrected chi connectivity index (χ4v) is 2.15. The maximum absolute atomic E-state index is 13.6. The van der Waals surface area contributed by atoms with Crippen molar-refractivity contribution in [2.75, 3.05) is 11.4 Å². The minimum absolute atomic E-state index is 0.0134. The lowest BCUT2D eigenvalue weighted by Gasteiger charge is -2.14. The Morgan fingerprint density at radius 3 is 2.67 bits per heavy atom. The van der Waals surface area contributed by atoms with Crippen LogP contribution >= 0.6 is 0 Å². The lowest BCUT2D eigenvalue weighted by molar-refractivity contribution is -0.114. The Bertz CT molecular complexity index is 768. The zero-order valence-corrected chi connectivity index (χ0v) is 10.4. The van der Waals surface area contributed by atoms with Crippen LogP contribution in [0.1, 0.15) is 20.9 Å². The fourth-order valence-electron chi connectivity index (χ4n) is 2.15. The van der Waals surface area contributed by atoms with E-state index in [1.807, 2.05) is 0 Å². The molecule has 1 aromatic heterocycles. The van der Waals surface area contributed by atoms with Gasteiger partial charge in [0, 0.05) is 6.07 Å². The maximum atomic E-state index is 13.6. The molecular weight excluding hydrogens is 284 g/mol. The zero-order valence-electron chi connectivity index (χ0n) is 10.4. The third-order valence-electron chi connectivity index (χ3n) is 3.09. The summed E-state index contributed by atoms with van der Waals surface area (Å²) < 4.78 is 31.8. The molecule has 2 heterocycles. The predicted octanol–water partition coefficient (Wildman–Crippen LogP) is 1.97. The molecule has 7 heteroatoms. The molecule has 0 bridgehead atoms. The minimum Gasteiger partial charge on any atom is -0.461 e. The van der Waals surface area contributed by atoms with Gasteiger partial charge >= 0.3 is 0 Å². The van der Waals surface area contributed by atoms with E-state index in [9.17, 15) is 23.2 Å². The highest BCUT2D eigenvalue weighted by molar-refractivity contribution is 6.52. The molecule has 3 rings (SSSR count). The first-order valence-corrected chi connectivity index (χ1v) is 5.91. The number of nitrogens with zero attached hydrogens (tertiary/aromatic N) is 1. The second kappa shape index (κ2) is 4.62. The van der Waals surface area contributed by atoms with Crippen LogP contribution in [-0.2, 0) is 4.79 Å². The Hall–Kier alpha value is -2.83. The van der Waals surface area contributed by atoms with Gasteiger partial charge in [-0.2, -0.15) is 0 Å². The van der Waals surface area contributed by atoms with Crippen LogP contribution in [0, 0.1) is 11.6 Å². The highest BCUT2D eigenvalue weighted by Crippen LogP contribution is 2.32. The molecule has 0 unspecified atom stereocenters. The first kappa shape index (κ1) is 13.2. The quantitative estimate of drug-likeness (QED) is 0.640. The number of hydrogen-bond donors (Lipinski definition) is 0. The minimum atomic E-state index is -1.13. The standard InChI is InChI=1S/C14H7F2NO4/c15-7-4-8(16)12-9(5-7)17(14(20)13(12)19)6-10(18)11-2-1-3-21-11/h1-5H,6H2. The average Bonchev–Trinajstić information content (AvgIpc) is 3.02. The molecule has 0 spiro atoms. The van der Waals surface area contributed by atoms with Crippen molar-refractivity contribution >= 4 is 23.2 Å². The van der Waals surface area contributed by atoms with Crippen molar-refractivity contribution in [2.45, 2.75) is 0 Å². The molecule has 2 aromatic rings. The number of hydrogen-bond acceptors (Lipinski definition) is 4. The summed E-state index contributed by atoms with van der Waals surface area (Å²) in [7, 11) is 0. The Balaban J connectivity index is 2.00. The van der Waals surface area contributed by atoms with Crippen molar-refractivity contribution in [3.8, 4) is 0 Å². The summed E-state index contributed by atoms with van der Waals surface area (Å²) in [4.78, 5) is 36.2. The summed E-state index contributed by atoms with van der Waals surface area (Å²) in [5.41, 5.74) is -0.768. The molecule has 1 aliphatic rings. The molecule has 0 saturated heterocycles. The highest BCUT2D eigenvalue weighted by atomic mass is 19.1. The monoisotopic (exact) mass is 291 g/mol. The van der Waals surface area contributed by atoms with Crippen LogP contribution in [0.2, 0.25) is 0 Å². The van der Waals surface area contributed by atoms with Gasteiger partial charge in [0.15, 0.2) is 5.76 Å². The number of rotatable bonds is 3. The van der Waals surface area contributed by atoms with Crippen molar-refractivity contribution in [1.82, 2.24) is 0 Å². The SMILES string of the molecule is O=C(CN1C(=O)C(=O)c2c(F)cc(F)cc21)c1ccco1. The van der Waals surface area contributed by atoms with E-state index in [2.05, 4.69) is 0 Å². The Morgan fingerprint density at radius 1 is 1.24 bits per heavy atom. The van der Waals surface area contributed by atoms with E-state index in [4.69, 9.17) is 4.42 Å². The number of fused-ring (bicyclic) bond motifs is 1. The van der Waals surface area contributed by atoms with E-state index in [1.165, 1.54) is 18.4 Å². The average molecular weight is 291 g/mol. The highest BCUT2D eigenvalue weighted by Gasteiger charge is 2.40. The lowest BCUT2D eigenvalue weighted by Crippen LogP contribution is -2.34. The first-order chi connectivity index (χ1) is 9.99. The normalized spacial score (nSPS) is 13.7. The summed E-state index contributed by atoms with van der Waals surface area (Å²) >= 11 is 0. The topological polar surface area (TPSA) is 67.6 Å². The number of amides is 1. The van der Waals surface area contributed by atoms with E-state index >= 15 is 0 Å². The van der Waals surface area contributed by atoms with Gasteiger partial charge in [-0.05, 0) is 18.2 Å². The lowest BCUT2D eigenvalue weighted by atomic mass is 10.1. The molecular formula is C14H7F2NO4. The molecule has 0 saturated carbocycles. The summed E-state index contributed by atoms with van der Waals surface area (Å²) in [6.07, 6.45) is 1.28. The van der Waals surface area contributed by atoms with Crippen LogP contribution in [0.4, 0.5) is 14.5 Å². The van der Waals surface area contributed by atoms with E-state index < -0.39 is 41.2 Å². The predicted molar refractivity (Wildman–Crippen MR) is 66.1 cm³/mol. The molecule has 0 aliphatic carbocycles. The number of furan rings is 1. The molecule has 1 amide bonds. The molecule has 0 atom stereocenters. The number of benzene rings is 1. The Labute approximate surface area is 116 Å². The van der Waals surface area contributed by atoms with E-state index in [0.29, 0.717) is 6.07 Å². The Morgan fingerprint density at radius 2 is 2.00 bits per heavy atom. The number of halogens is 2. The second-order valence-electron chi connectivity index (χ2n) is 4.40. The fraction of sp³-hybridized carbons (Fsp3) is 0.0714. The summed E-state index contributed by atoms with van der Waals surface area (Å²) in [6, 6.07) is 4.23. The van der Waals surface area contributed by atoms with E-state index in [0.717, 1.165) is 11.0 Å². The van der Waals surface area contributed by atoms with Gasteiger partial charge in [0.25, 0.3) is 11.7 Å². The molecule has 0 radical (unpaired) electrons. The third-order valence-corrected chi connectivity index (χ3v) is 3.09. The number of carbonyl (C=O) groups excluding carboxylic acids is 3. The van der Waals surface area contributed by atoms with Gasteiger partial charge in [-0.25, -0.2) is 8.78 Å². The zero-order chi connectivity index (χ0) is 15.1. The molecule has 0 N–H and O–H groups in total. The first-order valence-electron chi connectivity index (χ1n) is 5.91. The third kappa shape index (κ3) is 2.03. The molecule has 0 fully saturated rings. The smallest absolute Gasteiger partial charge is 0.300 e. The van der Waals surface area contributed by atoms with Crippen LogP contribution in [0.5, 0.6) is 0 Å². The summed E-state index contributed by atoms with van der Waals surface area (Å²) in [5.74, 6) is -4.84.